The molecule has 122 valence electrons. The molecule has 2 heterocycles. The molecule has 9 heteroatoms. The lowest BCUT2D eigenvalue weighted by atomic mass is 10.3. The molecule has 1 aromatic heterocycles. The number of thiophene rings is 1. The molecule has 1 aliphatic heterocycles. The lowest BCUT2D eigenvalue weighted by Gasteiger charge is -2.33. The van der Waals surface area contributed by atoms with Crippen LogP contribution < -0.4 is 0 Å². The van der Waals surface area contributed by atoms with E-state index < -0.39 is 16.0 Å². The summed E-state index contributed by atoms with van der Waals surface area (Å²) in [5, 5.41) is 1.79. The van der Waals surface area contributed by atoms with Crippen LogP contribution in [0.4, 0.5) is 0 Å². The predicted molar refractivity (Wildman–Crippen MR) is 82.3 cm³/mol. The first-order valence-electron chi connectivity index (χ1n) is 6.73. The van der Waals surface area contributed by atoms with E-state index in [1.807, 2.05) is 6.07 Å². The van der Waals surface area contributed by atoms with Crippen LogP contribution in [0.5, 0.6) is 0 Å². The molecule has 1 saturated heterocycles. The SMILES string of the molecule is Cc1ccsc1C(=O)OCC(=O)N1CCN(S(C)(=O)=O)CC1. The lowest BCUT2D eigenvalue weighted by Crippen LogP contribution is -2.51. The van der Waals surface area contributed by atoms with Gasteiger partial charge in [0.25, 0.3) is 5.91 Å². The molecular weight excluding hydrogens is 328 g/mol. The van der Waals surface area contributed by atoms with Crippen molar-refractivity contribution in [2.24, 2.45) is 0 Å². The highest BCUT2D eigenvalue weighted by atomic mass is 32.2. The minimum atomic E-state index is -3.22. The second-order valence-electron chi connectivity index (χ2n) is 5.05. The molecule has 0 atom stereocenters. The normalized spacial score (nSPS) is 16.5. The average Bonchev–Trinajstić information content (AvgIpc) is 2.90. The van der Waals surface area contributed by atoms with Crippen molar-refractivity contribution < 1.29 is 22.7 Å². The fraction of sp³-hybridized carbons (Fsp3) is 0.538. The lowest BCUT2D eigenvalue weighted by molar-refractivity contribution is -0.135. The van der Waals surface area contributed by atoms with Crippen molar-refractivity contribution >= 4 is 33.2 Å². The Morgan fingerprint density at radius 2 is 1.91 bits per heavy atom. The molecule has 0 aliphatic carbocycles. The number of piperazine rings is 1. The second kappa shape index (κ2) is 6.76. The number of esters is 1. The molecule has 1 aliphatic rings. The van der Waals surface area contributed by atoms with E-state index in [9.17, 15) is 18.0 Å². The van der Waals surface area contributed by atoms with E-state index in [0.29, 0.717) is 18.0 Å². The first-order valence-corrected chi connectivity index (χ1v) is 9.46. The van der Waals surface area contributed by atoms with Crippen molar-refractivity contribution in [3.8, 4) is 0 Å². The number of aryl methyl sites for hydroxylation is 1. The minimum Gasteiger partial charge on any atom is -0.451 e. The van der Waals surface area contributed by atoms with Crippen molar-refractivity contribution in [3.63, 3.8) is 0 Å². The van der Waals surface area contributed by atoms with Crippen LogP contribution in [-0.4, -0.2) is 68.5 Å². The molecule has 0 saturated carbocycles. The topological polar surface area (TPSA) is 84.0 Å². The van der Waals surface area contributed by atoms with E-state index in [-0.39, 0.29) is 25.6 Å². The highest BCUT2D eigenvalue weighted by Crippen LogP contribution is 2.16. The van der Waals surface area contributed by atoms with Gasteiger partial charge in [0.1, 0.15) is 4.88 Å². The number of hydrogen-bond donors (Lipinski definition) is 0. The van der Waals surface area contributed by atoms with E-state index in [1.165, 1.54) is 20.5 Å². The Morgan fingerprint density at radius 1 is 1.27 bits per heavy atom. The van der Waals surface area contributed by atoms with Gasteiger partial charge in [0.05, 0.1) is 6.26 Å². The summed E-state index contributed by atoms with van der Waals surface area (Å²) in [4.78, 5) is 25.8. The Labute approximate surface area is 133 Å². The van der Waals surface area contributed by atoms with Crippen LogP contribution >= 0.6 is 11.3 Å². The van der Waals surface area contributed by atoms with E-state index >= 15 is 0 Å². The molecule has 1 amide bonds. The molecule has 1 fully saturated rings. The third-order valence-electron chi connectivity index (χ3n) is 3.43. The van der Waals surface area contributed by atoms with Gasteiger partial charge in [-0.25, -0.2) is 13.2 Å². The van der Waals surface area contributed by atoms with Gasteiger partial charge < -0.3 is 9.64 Å². The maximum absolute atomic E-state index is 12.0. The Morgan fingerprint density at radius 3 is 2.41 bits per heavy atom. The van der Waals surface area contributed by atoms with Gasteiger partial charge in [-0.15, -0.1) is 11.3 Å². The Hall–Kier alpha value is -1.45. The molecule has 0 N–H and O–H groups in total. The van der Waals surface area contributed by atoms with Gasteiger partial charge in [0.2, 0.25) is 10.0 Å². The summed E-state index contributed by atoms with van der Waals surface area (Å²) in [6.07, 6.45) is 1.15. The summed E-state index contributed by atoms with van der Waals surface area (Å²) in [5.41, 5.74) is 0.823. The summed E-state index contributed by atoms with van der Waals surface area (Å²) in [5.74, 6) is -0.814. The quantitative estimate of drug-likeness (QED) is 0.733. The van der Waals surface area contributed by atoms with E-state index in [4.69, 9.17) is 4.74 Å². The molecule has 1 aromatic rings. The first-order chi connectivity index (χ1) is 10.3. The van der Waals surface area contributed by atoms with E-state index in [0.717, 1.165) is 11.8 Å². The molecule has 0 radical (unpaired) electrons. The van der Waals surface area contributed by atoms with Crippen molar-refractivity contribution in [3.05, 3.63) is 21.9 Å². The Balaban J connectivity index is 1.82. The number of nitrogens with zero attached hydrogens (tertiary/aromatic N) is 2. The maximum atomic E-state index is 12.0. The fourth-order valence-electron chi connectivity index (χ4n) is 2.14. The highest BCUT2D eigenvalue weighted by molar-refractivity contribution is 7.88. The van der Waals surface area contributed by atoms with Crippen LogP contribution in [0.25, 0.3) is 0 Å². The maximum Gasteiger partial charge on any atom is 0.349 e. The van der Waals surface area contributed by atoms with Gasteiger partial charge in [-0.05, 0) is 23.9 Å². The smallest absolute Gasteiger partial charge is 0.349 e. The van der Waals surface area contributed by atoms with Crippen LogP contribution in [0, 0.1) is 6.92 Å². The van der Waals surface area contributed by atoms with E-state index in [1.54, 1.807) is 12.3 Å². The van der Waals surface area contributed by atoms with Gasteiger partial charge in [-0.3, -0.25) is 4.79 Å². The molecule has 7 nitrogen and oxygen atoms in total. The zero-order chi connectivity index (χ0) is 16.3. The highest BCUT2D eigenvalue weighted by Gasteiger charge is 2.26. The summed E-state index contributed by atoms with van der Waals surface area (Å²) in [6, 6.07) is 1.81. The molecule has 0 bridgehead atoms. The van der Waals surface area contributed by atoms with Gasteiger partial charge in [0.15, 0.2) is 6.61 Å². The number of carbonyl (C=O) groups is 2. The van der Waals surface area contributed by atoms with Crippen LogP contribution in [0.15, 0.2) is 11.4 Å². The monoisotopic (exact) mass is 346 g/mol. The molecule has 0 aromatic carbocycles. The van der Waals surface area contributed by atoms with Crippen molar-refractivity contribution in [2.45, 2.75) is 6.92 Å². The first kappa shape index (κ1) is 16.9. The third-order valence-corrected chi connectivity index (χ3v) is 5.73. The molecule has 2 rings (SSSR count). The Kier molecular flexibility index (Phi) is 5.20. The van der Waals surface area contributed by atoms with Crippen LogP contribution in [-0.2, 0) is 19.6 Å². The summed E-state index contributed by atoms with van der Waals surface area (Å²) < 4.78 is 29.1. The predicted octanol–water partition coefficient (Wildman–Crippen LogP) is 0.317. The van der Waals surface area contributed by atoms with Crippen molar-refractivity contribution in [1.82, 2.24) is 9.21 Å². The average molecular weight is 346 g/mol. The van der Waals surface area contributed by atoms with Crippen molar-refractivity contribution in [2.75, 3.05) is 39.0 Å². The van der Waals surface area contributed by atoms with Crippen LogP contribution in [0.3, 0.4) is 0 Å². The second-order valence-corrected chi connectivity index (χ2v) is 7.95. The number of amides is 1. The third kappa shape index (κ3) is 4.05. The standard InChI is InChI=1S/C13H18N2O5S2/c1-10-3-8-21-12(10)13(17)20-9-11(16)14-4-6-15(7-5-14)22(2,18)19/h3,8H,4-7,9H2,1-2H3. The largest absolute Gasteiger partial charge is 0.451 e. The molecular formula is C13H18N2O5S2. The number of rotatable bonds is 4. The van der Waals surface area contributed by atoms with Gasteiger partial charge in [-0.1, -0.05) is 0 Å². The zero-order valence-electron chi connectivity index (χ0n) is 12.4. The van der Waals surface area contributed by atoms with E-state index in [2.05, 4.69) is 0 Å². The van der Waals surface area contributed by atoms with Gasteiger partial charge in [0, 0.05) is 26.2 Å². The fourth-order valence-corrected chi connectivity index (χ4v) is 3.78. The number of sulfonamides is 1. The number of carbonyl (C=O) groups excluding carboxylic acids is 2. The van der Waals surface area contributed by atoms with Gasteiger partial charge >= 0.3 is 5.97 Å². The summed E-state index contributed by atoms with van der Waals surface area (Å²) >= 11 is 1.28. The van der Waals surface area contributed by atoms with Crippen LogP contribution in [0.1, 0.15) is 15.2 Å². The number of hydrogen-bond acceptors (Lipinski definition) is 6. The van der Waals surface area contributed by atoms with Gasteiger partial charge in [-0.2, -0.15) is 4.31 Å². The molecule has 0 spiro atoms. The summed E-state index contributed by atoms with van der Waals surface area (Å²) in [6.45, 7) is 2.63. The van der Waals surface area contributed by atoms with Crippen LogP contribution in [0.2, 0.25) is 0 Å². The molecule has 0 unspecified atom stereocenters. The zero-order valence-corrected chi connectivity index (χ0v) is 14.1. The Bertz CT molecular complexity index is 660. The molecule has 22 heavy (non-hydrogen) atoms. The number of ether oxygens (including phenoxy) is 1. The minimum absolute atomic E-state index is 0.266. The summed E-state index contributed by atoms with van der Waals surface area (Å²) in [7, 11) is -3.22. The van der Waals surface area contributed by atoms with Crippen molar-refractivity contribution in [1.29, 1.82) is 0 Å².